The van der Waals surface area contributed by atoms with Gasteiger partial charge in [-0.1, -0.05) is 6.07 Å². The number of hydrogen-bond donors (Lipinski definition) is 1. The van der Waals surface area contributed by atoms with Crippen LogP contribution in [0.1, 0.15) is 12.8 Å². The summed E-state index contributed by atoms with van der Waals surface area (Å²) in [4.78, 5) is 13.1. The van der Waals surface area contributed by atoms with E-state index in [2.05, 4.69) is 5.32 Å². The fourth-order valence-electron chi connectivity index (χ4n) is 2.67. The summed E-state index contributed by atoms with van der Waals surface area (Å²) in [5.41, 5.74) is -0.185. The van der Waals surface area contributed by atoms with Gasteiger partial charge in [-0.15, -0.1) is 0 Å². The van der Waals surface area contributed by atoms with Crippen molar-refractivity contribution < 1.29 is 13.2 Å². The minimum atomic E-state index is -4.22. The summed E-state index contributed by atoms with van der Waals surface area (Å²) in [6, 6.07) is 4.67. The van der Waals surface area contributed by atoms with Gasteiger partial charge in [0.25, 0.3) is 5.56 Å². The molecule has 118 valence electrons. The maximum Gasteiger partial charge on any atom is 0.401 e. The number of alkyl halides is 3. The Balaban J connectivity index is 2.01. The van der Waals surface area contributed by atoms with E-state index in [1.165, 1.54) is 15.5 Å². The quantitative estimate of drug-likeness (QED) is 0.895. The van der Waals surface area contributed by atoms with Gasteiger partial charge in [0.15, 0.2) is 0 Å². The second kappa shape index (κ2) is 7.09. The molecule has 1 aliphatic rings. The van der Waals surface area contributed by atoms with Crippen LogP contribution in [0.15, 0.2) is 29.2 Å². The molecule has 1 fully saturated rings. The van der Waals surface area contributed by atoms with Crippen LogP contribution >= 0.6 is 0 Å². The number of nitrogens with zero attached hydrogens (tertiary/aromatic N) is 2. The first-order chi connectivity index (χ1) is 9.96. The third-order valence-corrected chi connectivity index (χ3v) is 3.73. The number of pyridine rings is 1. The number of halogens is 3. The third-order valence-electron chi connectivity index (χ3n) is 3.73. The van der Waals surface area contributed by atoms with E-state index in [1.54, 1.807) is 18.3 Å². The van der Waals surface area contributed by atoms with Crippen molar-refractivity contribution in [1.29, 1.82) is 0 Å². The molecule has 0 unspecified atom stereocenters. The van der Waals surface area contributed by atoms with Crippen LogP contribution in [0.3, 0.4) is 0 Å². The van der Waals surface area contributed by atoms with Gasteiger partial charge in [-0.3, -0.25) is 9.69 Å². The maximum absolute atomic E-state index is 12.7. The van der Waals surface area contributed by atoms with Gasteiger partial charge in [-0.05, 0) is 32.0 Å². The predicted octanol–water partition coefficient (Wildman–Crippen LogP) is 1.46. The number of aromatic nitrogens is 1. The van der Waals surface area contributed by atoms with Crippen molar-refractivity contribution in [1.82, 2.24) is 14.8 Å². The first-order valence-electron chi connectivity index (χ1n) is 7.13. The van der Waals surface area contributed by atoms with Gasteiger partial charge in [0.05, 0.1) is 6.54 Å². The molecule has 0 radical (unpaired) electrons. The SMILES string of the molecule is O=c1ccccn1CCN(CC(F)(F)F)C1CCNCC1. The Morgan fingerprint density at radius 3 is 2.62 bits per heavy atom. The molecule has 1 aromatic heterocycles. The fourth-order valence-corrected chi connectivity index (χ4v) is 2.67. The van der Waals surface area contributed by atoms with Crippen molar-refractivity contribution in [2.75, 3.05) is 26.2 Å². The lowest BCUT2D eigenvalue weighted by Gasteiger charge is -2.35. The van der Waals surface area contributed by atoms with Crippen LogP contribution in [0.2, 0.25) is 0 Å². The van der Waals surface area contributed by atoms with Crippen molar-refractivity contribution >= 4 is 0 Å². The fraction of sp³-hybridized carbons (Fsp3) is 0.643. The molecular weight excluding hydrogens is 283 g/mol. The molecule has 0 bridgehead atoms. The molecule has 0 aromatic carbocycles. The first kappa shape index (κ1) is 16.0. The molecule has 4 nitrogen and oxygen atoms in total. The largest absolute Gasteiger partial charge is 0.401 e. The van der Waals surface area contributed by atoms with E-state index in [1.807, 2.05) is 0 Å². The molecule has 21 heavy (non-hydrogen) atoms. The summed E-state index contributed by atoms with van der Waals surface area (Å²) in [7, 11) is 0. The topological polar surface area (TPSA) is 37.3 Å². The minimum absolute atomic E-state index is 0.0766. The molecule has 0 amide bonds. The molecule has 7 heteroatoms. The van der Waals surface area contributed by atoms with Crippen molar-refractivity contribution in [2.45, 2.75) is 31.6 Å². The monoisotopic (exact) mass is 303 g/mol. The number of hydrogen-bond acceptors (Lipinski definition) is 3. The van der Waals surface area contributed by atoms with E-state index < -0.39 is 12.7 Å². The standard InChI is InChI=1S/C14H20F3N3O/c15-14(16,17)11-20(12-4-6-18-7-5-12)10-9-19-8-2-1-3-13(19)21/h1-3,8,12,18H,4-7,9-11H2. The summed E-state index contributed by atoms with van der Waals surface area (Å²) < 4.78 is 39.7. The zero-order chi connectivity index (χ0) is 15.3. The molecular formula is C14H20F3N3O. The van der Waals surface area contributed by atoms with Gasteiger partial charge in [-0.2, -0.15) is 13.2 Å². The van der Waals surface area contributed by atoms with Crippen LogP contribution < -0.4 is 10.9 Å². The van der Waals surface area contributed by atoms with Crippen LogP contribution in [0.4, 0.5) is 13.2 Å². The Bertz CT molecular complexity index is 495. The average Bonchev–Trinajstić information content (AvgIpc) is 2.45. The van der Waals surface area contributed by atoms with Crippen molar-refractivity contribution in [3.05, 3.63) is 34.7 Å². The second-order valence-electron chi connectivity index (χ2n) is 5.30. The number of nitrogens with one attached hydrogen (secondary N) is 1. The number of rotatable bonds is 5. The highest BCUT2D eigenvalue weighted by Crippen LogP contribution is 2.21. The van der Waals surface area contributed by atoms with Crippen LogP contribution in [-0.4, -0.2) is 47.9 Å². The van der Waals surface area contributed by atoms with Gasteiger partial charge in [0.1, 0.15) is 0 Å². The predicted molar refractivity (Wildman–Crippen MR) is 74.2 cm³/mol. The van der Waals surface area contributed by atoms with E-state index in [9.17, 15) is 18.0 Å². The van der Waals surface area contributed by atoms with Crippen molar-refractivity contribution in [3.8, 4) is 0 Å². The molecule has 0 saturated carbocycles. The molecule has 1 N–H and O–H groups in total. The van der Waals surface area contributed by atoms with E-state index in [-0.39, 0.29) is 24.7 Å². The zero-order valence-corrected chi connectivity index (χ0v) is 11.8. The highest BCUT2D eigenvalue weighted by atomic mass is 19.4. The zero-order valence-electron chi connectivity index (χ0n) is 11.8. The molecule has 1 aliphatic heterocycles. The molecule has 1 saturated heterocycles. The smallest absolute Gasteiger partial charge is 0.317 e. The molecule has 0 aliphatic carbocycles. The summed E-state index contributed by atoms with van der Waals surface area (Å²) in [6.07, 6.45) is -1.19. The van der Waals surface area contributed by atoms with Crippen molar-refractivity contribution in [2.24, 2.45) is 0 Å². The number of piperidine rings is 1. The Morgan fingerprint density at radius 1 is 1.29 bits per heavy atom. The molecule has 0 atom stereocenters. The van der Waals surface area contributed by atoms with E-state index in [0.717, 1.165) is 13.1 Å². The second-order valence-corrected chi connectivity index (χ2v) is 5.30. The van der Waals surface area contributed by atoms with Crippen LogP contribution in [0.25, 0.3) is 0 Å². The lowest BCUT2D eigenvalue weighted by atomic mass is 10.0. The van der Waals surface area contributed by atoms with E-state index in [4.69, 9.17) is 0 Å². The lowest BCUT2D eigenvalue weighted by molar-refractivity contribution is -0.152. The van der Waals surface area contributed by atoms with Gasteiger partial charge >= 0.3 is 6.18 Å². The molecule has 2 rings (SSSR count). The van der Waals surface area contributed by atoms with E-state index >= 15 is 0 Å². The molecule has 1 aromatic rings. The normalized spacial score (nSPS) is 17.3. The first-order valence-corrected chi connectivity index (χ1v) is 7.13. The van der Waals surface area contributed by atoms with Gasteiger partial charge in [-0.25, -0.2) is 0 Å². The average molecular weight is 303 g/mol. The molecule has 2 heterocycles. The Morgan fingerprint density at radius 2 is 2.00 bits per heavy atom. The van der Waals surface area contributed by atoms with Gasteiger partial charge in [0, 0.05) is 31.4 Å². The summed E-state index contributed by atoms with van der Waals surface area (Å²) in [5, 5.41) is 3.15. The highest BCUT2D eigenvalue weighted by Gasteiger charge is 2.34. The van der Waals surface area contributed by atoms with Crippen LogP contribution in [-0.2, 0) is 6.54 Å². The summed E-state index contributed by atoms with van der Waals surface area (Å²) >= 11 is 0. The lowest BCUT2D eigenvalue weighted by Crippen LogP contribution is -2.48. The van der Waals surface area contributed by atoms with Gasteiger partial charge < -0.3 is 9.88 Å². The Hall–Kier alpha value is -1.34. The summed E-state index contributed by atoms with van der Waals surface area (Å²) in [6.45, 7) is 1.07. The van der Waals surface area contributed by atoms with Crippen molar-refractivity contribution in [3.63, 3.8) is 0 Å². The minimum Gasteiger partial charge on any atom is -0.317 e. The van der Waals surface area contributed by atoms with Crippen LogP contribution in [0.5, 0.6) is 0 Å². The maximum atomic E-state index is 12.7. The molecule has 0 spiro atoms. The van der Waals surface area contributed by atoms with E-state index in [0.29, 0.717) is 12.8 Å². The highest BCUT2D eigenvalue weighted by molar-refractivity contribution is 4.93. The van der Waals surface area contributed by atoms with Crippen LogP contribution in [0, 0.1) is 0 Å². The third kappa shape index (κ3) is 5.17. The Labute approximate surface area is 121 Å². The Kier molecular flexibility index (Phi) is 5.41. The summed E-state index contributed by atoms with van der Waals surface area (Å²) in [5.74, 6) is 0. The van der Waals surface area contributed by atoms with Gasteiger partial charge in [0.2, 0.25) is 0 Å².